The number of ether oxygens (including phenoxy) is 2. The van der Waals surface area contributed by atoms with Crippen molar-refractivity contribution in [3.63, 3.8) is 0 Å². The van der Waals surface area contributed by atoms with Gasteiger partial charge in [-0.1, -0.05) is 60.7 Å². The number of benzene rings is 3. The van der Waals surface area contributed by atoms with E-state index in [1.165, 1.54) is 24.3 Å². The predicted molar refractivity (Wildman–Crippen MR) is 150 cm³/mol. The Bertz CT molecular complexity index is 1230. The van der Waals surface area contributed by atoms with Gasteiger partial charge in [0, 0.05) is 37.8 Å². The number of carbonyl (C=O) groups excluding carboxylic acids is 2. The van der Waals surface area contributed by atoms with Crippen molar-refractivity contribution in [2.45, 2.75) is 37.6 Å². The molecule has 41 heavy (non-hydrogen) atoms. The van der Waals surface area contributed by atoms with Crippen LogP contribution in [-0.4, -0.2) is 62.0 Å². The van der Waals surface area contributed by atoms with E-state index in [0.717, 1.165) is 11.1 Å². The second-order valence-electron chi connectivity index (χ2n) is 9.84. The molecule has 4 rings (SSSR count). The first-order valence-corrected chi connectivity index (χ1v) is 13.6. The maximum absolute atomic E-state index is 13.7. The summed E-state index contributed by atoms with van der Waals surface area (Å²) in [5.74, 6) is -1.35. The summed E-state index contributed by atoms with van der Waals surface area (Å²) in [6, 6.07) is 24.2. The van der Waals surface area contributed by atoms with Gasteiger partial charge in [-0.2, -0.15) is 0 Å². The van der Waals surface area contributed by atoms with Crippen LogP contribution in [0.1, 0.15) is 29.9 Å². The Labute approximate surface area is 237 Å². The van der Waals surface area contributed by atoms with Gasteiger partial charge in [-0.15, -0.1) is 13.2 Å². The molecule has 0 bridgehead atoms. The summed E-state index contributed by atoms with van der Waals surface area (Å²) in [7, 11) is 0. The fourth-order valence-electron chi connectivity index (χ4n) is 4.69. The molecule has 0 radical (unpaired) electrons. The van der Waals surface area contributed by atoms with E-state index in [4.69, 9.17) is 4.74 Å². The fourth-order valence-corrected chi connectivity index (χ4v) is 4.69. The second-order valence-corrected chi connectivity index (χ2v) is 9.84. The summed E-state index contributed by atoms with van der Waals surface area (Å²) in [5, 5.41) is 6.34. The number of alkyl halides is 3. The lowest BCUT2D eigenvalue weighted by Gasteiger charge is -2.29. The third-order valence-electron chi connectivity index (χ3n) is 6.87. The van der Waals surface area contributed by atoms with E-state index in [-0.39, 0.29) is 30.0 Å². The zero-order valence-corrected chi connectivity index (χ0v) is 22.6. The molecule has 1 fully saturated rings. The monoisotopic (exact) mass is 569 g/mol. The van der Waals surface area contributed by atoms with Gasteiger partial charge in [0.25, 0.3) is 0 Å². The van der Waals surface area contributed by atoms with E-state index < -0.39 is 12.3 Å². The molecule has 0 aliphatic carbocycles. The highest BCUT2D eigenvalue weighted by Gasteiger charge is 2.31. The summed E-state index contributed by atoms with van der Waals surface area (Å²) in [6.07, 6.45) is -3.42. The second kappa shape index (κ2) is 14.5. The molecule has 0 unspecified atom stereocenters. The van der Waals surface area contributed by atoms with Crippen LogP contribution in [0, 0.1) is 0 Å². The predicted octanol–water partition coefficient (Wildman–Crippen LogP) is 5.15. The first-order chi connectivity index (χ1) is 19.8. The minimum Gasteiger partial charge on any atom is -0.406 e. The number of nitrogens with one attached hydrogen (secondary N) is 2. The maximum atomic E-state index is 13.7. The number of hydrogen-bond donors (Lipinski definition) is 2. The van der Waals surface area contributed by atoms with Gasteiger partial charge in [-0.25, -0.2) is 0 Å². The Morgan fingerprint density at radius 3 is 2.17 bits per heavy atom. The van der Waals surface area contributed by atoms with Gasteiger partial charge >= 0.3 is 6.36 Å². The first-order valence-electron chi connectivity index (χ1n) is 13.6. The topological polar surface area (TPSA) is 79.9 Å². The average Bonchev–Trinajstić information content (AvgIpc) is 2.98. The van der Waals surface area contributed by atoms with Crippen LogP contribution < -0.4 is 15.4 Å². The molecule has 0 saturated carbocycles. The van der Waals surface area contributed by atoms with E-state index in [1.54, 1.807) is 4.90 Å². The number of nitrogens with zero attached hydrogens (tertiary/aromatic N) is 1. The number of halogens is 3. The van der Waals surface area contributed by atoms with Gasteiger partial charge < -0.3 is 25.0 Å². The number of amides is 2. The number of morpholine rings is 1. The van der Waals surface area contributed by atoms with Crippen LogP contribution in [0.4, 0.5) is 18.9 Å². The summed E-state index contributed by atoms with van der Waals surface area (Å²) >= 11 is 0. The highest BCUT2D eigenvalue weighted by Crippen LogP contribution is 2.25. The van der Waals surface area contributed by atoms with Crippen molar-refractivity contribution in [3.8, 4) is 5.75 Å². The molecule has 10 heteroatoms. The van der Waals surface area contributed by atoms with Crippen LogP contribution in [0.25, 0.3) is 0 Å². The summed E-state index contributed by atoms with van der Waals surface area (Å²) in [6.45, 7) is 2.28. The molecular formula is C31H34F3N3O4. The van der Waals surface area contributed by atoms with Gasteiger partial charge in [0.15, 0.2) is 0 Å². The Hall–Kier alpha value is -4.05. The normalized spacial score (nSPS) is 15.0. The Morgan fingerprint density at radius 1 is 0.902 bits per heavy atom. The number of rotatable bonds is 12. The molecule has 1 saturated heterocycles. The van der Waals surface area contributed by atoms with Crippen molar-refractivity contribution in [1.82, 2.24) is 10.2 Å². The third kappa shape index (κ3) is 9.82. The van der Waals surface area contributed by atoms with Gasteiger partial charge in [0.1, 0.15) is 5.75 Å². The molecule has 0 aromatic heterocycles. The smallest absolute Gasteiger partial charge is 0.406 e. The van der Waals surface area contributed by atoms with Crippen molar-refractivity contribution in [2.75, 3.05) is 38.2 Å². The van der Waals surface area contributed by atoms with Crippen molar-refractivity contribution in [2.24, 2.45) is 0 Å². The zero-order chi connectivity index (χ0) is 29.1. The highest BCUT2D eigenvalue weighted by atomic mass is 19.4. The molecule has 1 aliphatic rings. The first kappa shape index (κ1) is 29.9. The van der Waals surface area contributed by atoms with E-state index >= 15 is 0 Å². The molecule has 3 aromatic rings. The summed E-state index contributed by atoms with van der Waals surface area (Å²) in [4.78, 5) is 28.5. The maximum Gasteiger partial charge on any atom is 0.573 e. The lowest BCUT2D eigenvalue weighted by atomic mass is 9.93. The zero-order valence-electron chi connectivity index (χ0n) is 22.6. The summed E-state index contributed by atoms with van der Waals surface area (Å²) < 4.78 is 46.8. The number of aryl methyl sites for hydroxylation is 1. The largest absolute Gasteiger partial charge is 0.573 e. The molecule has 0 spiro atoms. The van der Waals surface area contributed by atoms with Crippen LogP contribution in [-0.2, 0) is 20.7 Å². The molecule has 1 aliphatic heterocycles. The van der Waals surface area contributed by atoms with Crippen molar-refractivity contribution in [1.29, 1.82) is 0 Å². The lowest BCUT2D eigenvalue weighted by Crippen LogP contribution is -2.45. The molecule has 2 amide bonds. The van der Waals surface area contributed by atoms with Gasteiger partial charge in [-0.05, 0) is 48.2 Å². The third-order valence-corrected chi connectivity index (χ3v) is 6.87. The van der Waals surface area contributed by atoms with E-state index in [9.17, 15) is 22.8 Å². The molecule has 7 nitrogen and oxygen atoms in total. The molecule has 2 atom stereocenters. The SMILES string of the molecule is O=C(N[C@@H](CCc1ccccc1)CNc1ccc(OC(F)(F)F)cc1)[C@H](CC(=O)N1CCOCC1)c1ccccc1. The van der Waals surface area contributed by atoms with E-state index in [1.807, 2.05) is 60.7 Å². The van der Waals surface area contributed by atoms with E-state index in [2.05, 4.69) is 15.4 Å². The van der Waals surface area contributed by atoms with E-state index in [0.29, 0.717) is 51.4 Å². The Kier molecular flexibility index (Phi) is 10.6. The minimum absolute atomic E-state index is 0.0371. The van der Waals surface area contributed by atoms with Gasteiger partial charge in [0.2, 0.25) is 11.8 Å². The van der Waals surface area contributed by atoms with Crippen LogP contribution in [0.2, 0.25) is 0 Å². The van der Waals surface area contributed by atoms with Crippen LogP contribution in [0.3, 0.4) is 0 Å². The minimum atomic E-state index is -4.76. The highest BCUT2D eigenvalue weighted by molar-refractivity contribution is 5.90. The van der Waals surface area contributed by atoms with Crippen LogP contribution >= 0.6 is 0 Å². The molecule has 3 aromatic carbocycles. The fraction of sp³-hybridized carbons (Fsp3) is 0.355. The van der Waals surface area contributed by atoms with Crippen molar-refractivity contribution in [3.05, 3.63) is 96.1 Å². The number of carbonyl (C=O) groups is 2. The molecular weight excluding hydrogens is 535 g/mol. The van der Waals surface area contributed by atoms with Crippen LogP contribution in [0.15, 0.2) is 84.9 Å². The number of hydrogen-bond acceptors (Lipinski definition) is 5. The average molecular weight is 570 g/mol. The van der Waals surface area contributed by atoms with Crippen molar-refractivity contribution < 1.29 is 32.2 Å². The van der Waals surface area contributed by atoms with Crippen LogP contribution in [0.5, 0.6) is 5.75 Å². The molecule has 2 N–H and O–H groups in total. The Balaban J connectivity index is 1.46. The standard InChI is InChI=1S/C31H34F3N3O4/c32-31(33,34)41-27-15-13-25(14-16-27)35-22-26(12-11-23-7-3-1-4-8-23)36-30(39)28(24-9-5-2-6-10-24)21-29(38)37-17-19-40-20-18-37/h1-10,13-16,26,28,35H,11-12,17-22H2,(H,36,39)/t26-,28+/m0/s1. The Morgan fingerprint density at radius 2 is 1.54 bits per heavy atom. The van der Waals surface area contributed by atoms with Gasteiger partial charge in [0.05, 0.1) is 19.1 Å². The molecule has 1 heterocycles. The van der Waals surface area contributed by atoms with Crippen molar-refractivity contribution >= 4 is 17.5 Å². The lowest BCUT2D eigenvalue weighted by molar-refractivity contribution is -0.274. The summed E-state index contributed by atoms with van der Waals surface area (Å²) in [5.41, 5.74) is 2.45. The quantitative estimate of drug-likeness (QED) is 0.316. The molecule has 218 valence electrons. The number of anilines is 1. The van der Waals surface area contributed by atoms with Gasteiger partial charge in [-0.3, -0.25) is 9.59 Å².